The maximum Gasteiger partial charge on any atom is 0.314 e. The predicted octanol–water partition coefficient (Wildman–Crippen LogP) is 1.48. The number of carbonyl (C=O) groups is 1. The fraction of sp³-hybridized carbons (Fsp3) is 0.364. The van der Waals surface area contributed by atoms with Gasteiger partial charge in [-0.25, -0.2) is 0 Å². The number of benzene rings is 1. The Kier molecular flexibility index (Phi) is 2.07. The van der Waals surface area contributed by atoms with Gasteiger partial charge >= 0.3 is 5.97 Å². The van der Waals surface area contributed by atoms with Crippen LogP contribution in [0.15, 0.2) is 18.2 Å². The zero-order valence-electron chi connectivity index (χ0n) is 8.23. The van der Waals surface area contributed by atoms with E-state index >= 15 is 0 Å². The van der Waals surface area contributed by atoms with Crippen molar-refractivity contribution in [2.45, 2.75) is 24.7 Å². The number of phenolic OH excluding ortho intramolecular Hbond substituents is 1. The van der Waals surface area contributed by atoms with Crippen molar-refractivity contribution < 1.29 is 15.0 Å². The number of rotatable bonds is 2. The third kappa shape index (κ3) is 1.33. The number of phenols is 1. The Labute approximate surface area is 87.3 Å². The van der Waals surface area contributed by atoms with Crippen LogP contribution in [0, 0.1) is 0 Å². The highest BCUT2D eigenvalue weighted by atomic mass is 16.4. The number of hydrogen-bond acceptors (Lipinski definition) is 3. The van der Waals surface area contributed by atoms with Crippen LogP contribution in [0.1, 0.15) is 24.8 Å². The number of nitrogen functional groups attached to an aromatic ring is 1. The van der Waals surface area contributed by atoms with E-state index in [0.29, 0.717) is 18.4 Å². The fourth-order valence-corrected chi connectivity index (χ4v) is 2.01. The molecule has 1 saturated carbocycles. The molecule has 1 aliphatic carbocycles. The van der Waals surface area contributed by atoms with Gasteiger partial charge in [0.05, 0.1) is 11.1 Å². The largest absolute Gasteiger partial charge is 0.506 e. The quantitative estimate of drug-likeness (QED) is 0.506. The number of carboxylic acid groups (broad SMARTS) is 1. The first-order valence-corrected chi connectivity index (χ1v) is 4.89. The van der Waals surface area contributed by atoms with Crippen molar-refractivity contribution in [3.05, 3.63) is 23.8 Å². The highest BCUT2D eigenvalue weighted by Gasteiger charge is 2.45. The maximum atomic E-state index is 11.2. The Hall–Kier alpha value is -1.71. The van der Waals surface area contributed by atoms with Gasteiger partial charge in [0, 0.05) is 0 Å². The van der Waals surface area contributed by atoms with Gasteiger partial charge in [-0.2, -0.15) is 0 Å². The van der Waals surface area contributed by atoms with Gasteiger partial charge in [-0.05, 0) is 30.5 Å². The summed E-state index contributed by atoms with van der Waals surface area (Å²) in [4.78, 5) is 11.2. The predicted molar refractivity (Wildman–Crippen MR) is 55.7 cm³/mol. The number of hydrogen-bond donors (Lipinski definition) is 3. The summed E-state index contributed by atoms with van der Waals surface area (Å²) in [5, 5.41) is 18.5. The lowest BCUT2D eigenvalue weighted by molar-refractivity contribution is -0.147. The van der Waals surface area contributed by atoms with Crippen molar-refractivity contribution >= 4 is 11.7 Å². The van der Waals surface area contributed by atoms with E-state index in [1.54, 1.807) is 12.1 Å². The van der Waals surface area contributed by atoms with Crippen molar-refractivity contribution in [3.63, 3.8) is 0 Å². The highest BCUT2D eigenvalue weighted by molar-refractivity contribution is 5.83. The normalized spacial score (nSPS) is 18.1. The molecule has 0 amide bonds. The minimum atomic E-state index is -0.807. The van der Waals surface area contributed by atoms with Crippen molar-refractivity contribution in [2.75, 3.05) is 5.73 Å². The minimum Gasteiger partial charge on any atom is -0.506 e. The minimum absolute atomic E-state index is 0.00128. The molecule has 4 nitrogen and oxygen atoms in total. The van der Waals surface area contributed by atoms with Crippen molar-refractivity contribution in [1.82, 2.24) is 0 Å². The van der Waals surface area contributed by atoms with Crippen molar-refractivity contribution in [3.8, 4) is 5.75 Å². The molecule has 1 fully saturated rings. The Bertz CT molecular complexity index is 410. The first-order chi connectivity index (χ1) is 7.06. The molecule has 80 valence electrons. The summed E-state index contributed by atoms with van der Waals surface area (Å²) in [5.74, 6) is -0.808. The van der Waals surface area contributed by atoms with Crippen LogP contribution in [-0.2, 0) is 10.2 Å². The van der Waals surface area contributed by atoms with E-state index in [-0.39, 0.29) is 11.4 Å². The first-order valence-electron chi connectivity index (χ1n) is 4.89. The summed E-state index contributed by atoms with van der Waals surface area (Å²) in [6, 6.07) is 4.65. The average Bonchev–Trinajstić information content (AvgIpc) is 2.08. The first kappa shape index (κ1) is 9.83. The Balaban J connectivity index is 2.44. The molecule has 2 rings (SSSR count). The smallest absolute Gasteiger partial charge is 0.314 e. The number of anilines is 1. The summed E-state index contributed by atoms with van der Waals surface area (Å²) in [6.07, 6.45) is 2.21. The van der Waals surface area contributed by atoms with E-state index in [1.807, 2.05) is 0 Å². The monoisotopic (exact) mass is 207 g/mol. The molecular weight excluding hydrogens is 194 g/mol. The van der Waals surface area contributed by atoms with Crippen LogP contribution in [-0.4, -0.2) is 16.2 Å². The molecular formula is C11H13NO3. The van der Waals surface area contributed by atoms with Gasteiger partial charge in [-0.1, -0.05) is 12.5 Å². The van der Waals surface area contributed by atoms with Crippen LogP contribution < -0.4 is 5.73 Å². The summed E-state index contributed by atoms with van der Waals surface area (Å²) < 4.78 is 0. The molecule has 1 aliphatic rings. The molecule has 0 saturated heterocycles. The second-order valence-electron chi connectivity index (χ2n) is 4.01. The Morgan fingerprint density at radius 2 is 2.07 bits per heavy atom. The molecule has 0 heterocycles. The molecule has 0 spiro atoms. The molecule has 1 aromatic carbocycles. The number of carboxylic acids is 1. The van der Waals surface area contributed by atoms with Crippen LogP contribution in [0.25, 0.3) is 0 Å². The summed E-state index contributed by atoms with van der Waals surface area (Å²) in [6.45, 7) is 0. The molecule has 0 atom stereocenters. The van der Waals surface area contributed by atoms with Gasteiger partial charge in [-0.15, -0.1) is 0 Å². The highest BCUT2D eigenvalue weighted by Crippen LogP contribution is 2.45. The third-order valence-electron chi connectivity index (χ3n) is 3.20. The van der Waals surface area contributed by atoms with Gasteiger partial charge in [0.2, 0.25) is 0 Å². The summed E-state index contributed by atoms with van der Waals surface area (Å²) in [7, 11) is 0. The lowest BCUT2D eigenvalue weighted by Crippen LogP contribution is -2.42. The van der Waals surface area contributed by atoms with Crippen molar-refractivity contribution in [1.29, 1.82) is 0 Å². The molecule has 15 heavy (non-hydrogen) atoms. The van der Waals surface area contributed by atoms with Gasteiger partial charge in [0.1, 0.15) is 5.75 Å². The Morgan fingerprint density at radius 3 is 2.47 bits per heavy atom. The van der Waals surface area contributed by atoms with Crippen molar-refractivity contribution in [2.24, 2.45) is 0 Å². The topological polar surface area (TPSA) is 83.6 Å². The van der Waals surface area contributed by atoms with Crippen LogP contribution in [0.3, 0.4) is 0 Å². The van der Waals surface area contributed by atoms with Crippen LogP contribution in [0.2, 0.25) is 0 Å². The summed E-state index contributed by atoms with van der Waals surface area (Å²) >= 11 is 0. The number of nitrogens with two attached hydrogens (primary N) is 1. The van der Waals surface area contributed by atoms with E-state index in [2.05, 4.69) is 0 Å². The van der Waals surface area contributed by atoms with Crippen LogP contribution in [0.4, 0.5) is 5.69 Å². The SMILES string of the molecule is Nc1cc(C2(C(=O)O)CCC2)ccc1O. The molecule has 0 aliphatic heterocycles. The standard InChI is InChI=1S/C11H13NO3/c12-8-6-7(2-3-9(8)13)11(10(14)15)4-1-5-11/h2-3,6,13H,1,4-5,12H2,(H,14,15). The van der Waals surface area contributed by atoms with Crippen LogP contribution >= 0.6 is 0 Å². The van der Waals surface area contributed by atoms with E-state index in [1.165, 1.54) is 6.07 Å². The van der Waals surface area contributed by atoms with E-state index in [0.717, 1.165) is 6.42 Å². The molecule has 0 unspecified atom stereocenters. The maximum absolute atomic E-state index is 11.2. The van der Waals surface area contributed by atoms with Gasteiger partial charge in [0.15, 0.2) is 0 Å². The Morgan fingerprint density at radius 1 is 1.40 bits per heavy atom. The molecule has 0 bridgehead atoms. The second kappa shape index (κ2) is 3.15. The molecule has 0 aromatic heterocycles. The lowest BCUT2D eigenvalue weighted by Gasteiger charge is -2.38. The molecule has 1 aromatic rings. The average molecular weight is 207 g/mol. The zero-order chi connectivity index (χ0) is 11.1. The van der Waals surface area contributed by atoms with Crippen LogP contribution in [0.5, 0.6) is 5.75 Å². The lowest BCUT2D eigenvalue weighted by atomic mass is 9.64. The third-order valence-corrected chi connectivity index (χ3v) is 3.20. The van der Waals surface area contributed by atoms with Gasteiger partial charge in [-0.3, -0.25) is 4.79 Å². The van der Waals surface area contributed by atoms with Gasteiger partial charge in [0.25, 0.3) is 0 Å². The molecule has 4 heteroatoms. The number of aliphatic carboxylic acids is 1. The second-order valence-corrected chi connectivity index (χ2v) is 4.01. The van der Waals surface area contributed by atoms with E-state index in [9.17, 15) is 15.0 Å². The fourth-order valence-electron chi connectivity index (χ4n) is 2.01. The summed E-state index contributed by atoms with van der Waals surface area (Å²) in [5.41, 5.74) is 5.70. The molecule has 4 N–H and O–H groups in total. The van der Waals surface area contributed by atoms with Gasteiger partial charge < -0.3 is 15.9 Å². The zero-order valence-corrected chi connectivity index (χ0v) is 8.23. The molecule has 0 radical (unpaired) electrons. The van der Waals surface area contributed by atoms with E-state index in [4.69, 9.17) is 5.73 Å². The number of aromatic hydroxyl groups is 1. The van der Waals surface area contributed by atoms with E-state index < -0.39 is 11.4 Å².